The molecule has 70 valence electrons. The zero-order valence-corrected chi connectivity index (χ0v) is 8.64. The Hall–Kier alpha value is -0.730. The van der Waals surface area contributed by atoms with E-state index in [0.29, 0.717) is 9.50 Å². The average Bonchev–Trinajstić information content (AvgIpc) is 2.16. The molecule has 0 unspecified atom stereocenters. The van der Waals surface area contributed by atoms with Crippen molar-refractivity contribution in [3.8, 4) is 0 Å². The Balaban J connectivity index is 3.06. The molecule has 0 aliphatic rings. The second-order valence-electron chi connectivity index (χ2n) is 2.55. The molecule has 0 saturated heterocycles. The van der Waals surface area contributed by atoms with Crippen LogP contribution in [0.5, 0.6) is 0 Å². The van der Waals surface area contributed by atoms with Crippen LogP contribution >= 0.6 is 23.6 Å². The average molecular weight is 218 g/mol. The number of halogens is 2. The van der Waals surface area contributed by atoms with Crippen LogP contribution < -0.4 is 0 Å². The third kappa shape index (κ3) is 2.36. The SMILES string of the molecule is CCc1ccccc1C(=O)N(Cl)Cl. The van der Waals surface area contributed by atoms with Crippen LogP contribution in [0.2, 0.25) is 0 Å². The molecule has 1 amide bonds. The third-order valence-electron chi connectivity index (χ3n) is 1.78. The van der Waals surface area contributed by atoms with Crippen molar-refractivity contribution >= 4 is 29.5 Å². The lowest BCUT2D eigenvalue weighted by Gasteiger charge is -2.07. The van der Waals surface area contributed by atoms with E-state index in [2.05, 4.69) is 0 Å². The molecule has 13 heavy (non-hydrogen) atoms. The highest BCUT2D eigenvalue weighted by Gasteiger charge is 2.14. The normalized spacial score (nSPS) is 9.77. The minimum atomic E-state index is -0.388. The molecule has 0 heterocycles. The zero-order chi connectivity index (χ0) is 9.84. The fourth-order valence-corrected chi connectivity index (χ4v) is 1.31. The molecule has 0 saturated carbocycles. The van der Waals surface area contributed by atoms with Gasteiger partial charge in [-0.1, -0.05) is 25.1 Å². The summed E-state index contributed by atoms with van der Waals surface area (Å²) in [6, 6.07) is 7.25. The maximum Gasteiger partial charge on any atom is 0.283 e. The van der Waals surface area contributed by atoms with Gasteiger partial charge in [0, 0.05) is 29.1 Å². The van der Waals surface area contributed by atoms with E-state index < -0.39 is 0 Å². The van der Waals surface area contributed by atoms with Crippen LogP contribution in [0.15, 0.2) is 24.3 Å². The van der Waals surface area contributed by atoms with Gasteiger partial charge < -0.3 is 0 Å². The minimum absolute atomic E-state index is 0.388. The summed E-state index contributed by atoms with van der Waals surface area (Å²) in [5.74, 6) is -0.388. The van der Waals surface area contributed by atoms with E-state index in [4.69, 9.17) is 23.6 Å². The number of hydrogen-bond donors (Lipinski definition) is 0. The Kier molecular flexibility index (Phi) is 3.58. The van der Waals surface area contributed by atoms with Crippen LogP contribution in [0.25, 0.3) is 0 Å². The van der Waals surface area contributed by atoms with E-state index in [9.17, 15) is 4.79 Å². The van der Waals surface area contributed by atoms with Gasteiger partial charge in [0.1, 0.15) is 0 Å². The largest absolute Gasteiger partial charge is 0.283 e. The fraction of sp³-hybridized carbons (Fsp3) is 0.222. The van der Waals surface area contributed by atoms with Gasteiger partial charge in [-0.15, -0.1) is 0 Å². The number of carbonyl (C=O) groups excluding carboxylic acids is 1. The van der Waals surface area contributed by atoms with Crippen LogP contribution in [0, 0.1) is 0 Å². The maximum atomic E-state index is 11.4. The highest BCUT2D eigenvalue weighted by atomic mass is 35.5. The predicted octanol–water partition coefficient (Wildman–Crippen LogP) is 3.00. The molecule has 1 aromatic carbocycles. The van der Waals surface area contributed by atoms with Crippen molar-refractivity contribution in [1.29, 1.82) is 0 Å². The molecule has 0 spiro atoms. The molecule has 0 radical (unpaired) electrons. The second kappa shape index (κ2) is 4.49. The molecule has 0 atom stereocenters. The van der Waals surface area contributed by atoms with Gasteiger partial charge in [-0.2, -0.15) is 3.94 Å². The second-order valence-corrected chi connectivity index (χ2v) is 3.40. The van der Waals surface area contributed by atoms with Gasteiger partial charge in [0.25, 0.3) is 5.91 Å². The van der Waals surface area contributed by atoms with Crippen LogP contribution in [0.4, 0.5) is 0 Å². The maximum absolute atomic E-state index is 11.4. The van der Waals surface area contributed by atoms with E-state index in [1.807, 2.05) is 19.1 Å². The summed E-state index contributed by atoms with van der Waals surface area (Å²) >= 11 is 10.7. The standard InChI is InChI=1S/C9H9Cl2NO/c1-2-7-5-3-4-6-8(7)9(13)12(10)11/h3-6H,2H2,1H3. The smallest absolute Gasteiger partial charge is 0.266 e. The summed E-state index contributed by atoms with van der Waals surface area (Å²) in [5.41, 5.74) is 1.49. The van der Waals surface area contributed by atoms with Crippen molar-refractivity contribution in [1.82, 2.24) is 3.94 Å². The Labute approximate surface area is 87.3 Å². The van der Waals surface area contributed by atoms with Gasteiger partial charge in [0.15, 0.2) is 0 Å². The highest BCUT2D eigenvalue weighted by Crippen LogP contribution is 2.14. The Morgan fingerprint density at radius 3 is 2.54 bits per heavy atom. The summed E-state index contributed by atoms with van der Waals surface area (Å²) in [5, 5.41) is 0. The monoisotopic (exact) mass is 217 g/mol. The van der Waals surface area contributed by atoms with Gasteiger partial charge in [-0.05, 0) is 18.1 Å². The highest BCUT2D eigenvalue weighted by molar-refractivity contribution is 6.43. The van der Waals surface area contributed by atoms with E-state index in [1.54, 1.807) is 12.1 Å². The molecule has 0 N–H and O–H groups in total. The Bertz CT molecular complexity index is 312. The zero-order valence-electron chi connectivity index (χ0n) is 7.13. The lowest BCUT2D eigenvalue weighted by molar-refractivity contribution is 0.0923. The molecular formula is C9H9Cl2NO. The minimum Gasteiger partial charge on any atom is -0.266 e. The molecule has 4 heteroatoms. The van der Waals surface area contributed by atoms with Crippen LogP contribution in [-0.4, -0.2) is 9.85 Å². The van der Waals surface area contributed by atoms with E-state index in [1.165, 1.54) is 0 Å². The number of amides is 1. The summed E-state index contributed by atoms with van der Waals surface area (Å²) in [7, 11) is 0. The molecule has 1 aromatic rings. The summed E-state index contributed by atoms with van der Waals surface area (Å²) in [6.45, 7) is 1.97. The van der Waals surface area contributed by atoms with Gasteiger partial charge >= 0.3 is 0 Å². The topological polar surface area (TPSA) is 20.3 Å². The lowest BCUT2D eigenvalue weighted by Crippen LogP contribution is -2.13. The van der Waals surface area contributed by atoms with E-state index in [0.717, 1.165) is 12.0 Å². The number of carbonyl (C=O) groups is 1. The van der Waals surface area contributed by atoms with Crippen molar-refractivity contribution in [3.05, 3.63) is 35.4 Å². The molecule has 0 aliphatic carbocycles. The molecular weight excluding hydrogens is 209 g/mol. The molecule has 0 fully saturated rings. The van der Waals surface area contributed by atoms with Crippen molar-refractivity contribution in [2.45, 2.75) is 13.3 Å². The van der Waals surface area contributed by atoms with Crippen molar-refractivity contribution in [3.63, 3.8) is 0 Å². The van der Waals surface area contributed by atoms with Crippen LogP contribution in [0.3, 0.4) is 0 Å². The van der Waals surface area contributed by atoms with Crippen molar-refractivity contribution < 1.29 is 4.79 Å². The number of aryl methyl sites for hydroxylation is 1. The summed E-state index contributed by atoms with van der Waals surface area (Å²) < 4.78 is 0.550. The molecule has 0 bridgehead atoms. The van der Waals surface area contributed by atoms with Gasteiger partial charge in [0.2, 0.25) is 0 Å². The van der Waals surface area contributed by atoms with Crippen LogP contribution in [0.1, 0.15) is 22.8 Å². The molecule has 0 aromatic heterocycles. The first-order valence-electron chi connectivity index (χ1n) is 3.90. The predicted molar refractivity (Wildman–Crippen MR) is 53.7 cm³/mol. The first-order valence-corrected chi connectivity index (χ1v) is 4.58. The summed E-state index contributed by atoms with van der Waals surface area (Å²) in [4.78, 5) is 11.4. The number of rotatable bonds is 2. The fourth-order valence-electron chi connectivity index (χ4n) is 1.13. The van der Waals surface area contributed by atoms with E-state index in [-0.39, 0.29) is 5.91 Å². The molecule has 1 rings (SSSR count). The van der Waals surface area contributed by atoms with Crippen molar-refractivity contribution in [2.24, 2.45) is 0 Å². The molecule has 2 nitrogen and oxygen atoms in total. The van der Waals surface area contributed by atoms with Crippen molar-refractivity contribution in [2.75, 3.05) is 0 Å². The van der Waals surface area contributed by atoms with Gasteiger partial charge in [-0.25, -0.2) is 0 Å². The lowest BCUT2D eigenvalue weighted by atomic mass is 10.1. The number of nitrogens with zero attached hydrogens (tertiary/aromatic N) is 1. The molecule has 0 aliphatic heterocycles. The first-order chi connectivity index (χ1) is 6.16. The summed E-state index contributed by atoms with van der Waals surface area (Å²) in [6.07, 6.45) is 0.781. The quantitative estimate of drug-likeness (QED) is 0.698. The van der Waals surface area contributed by atoms with E-state index >= 15 is 0 Å². The Morgan fingerprint density at radius 1 is 1.38 bits per heavy atom. The third-order valence-corrected chi connectivity index (χ3v) is 2.09. The van der Waals surface area contributed by atoms with Gasteiger partial charge in [0.05, 0.1) is 0 Å². The first kappa shape index (κ1) is 10.4. The number of hydrogen-bond acceptors (Lipinski definition) is 1. The van der Waals surface area contributed by atoms with Gasteiger partial charge in [-0.3, -0.25) is 4.79 Å². The number of benzene rings is 1. The van der Waals surface area contributed by atoms with Crippen LogP contribution in [-0.2, 0) is 6.42 Å². The Morgan fingerprint density at radius 2 is 2.00 bits per heavy atom.